The average Bonchev–Trinajstić information content (AvgIpc) is 2.74. The van der Waals surface area contributed by atoms with Gasteiger partial charge in [-0.3, -0.25) is 9.59 Å². The molecule has 2 aromatic carbocycles. The Kier molecular flexibility index (Phi) is 5.26. The number of amides is 2. The summed E-state index contributed by atoms with van der Waals surface area (Å²) in [6.07, 6.45) is 0.791. The predicted molar refractivity (Wildman–Crippen MR) is 103 cm³/mol. The molecule has 0 spiro atoms. The molecule has 0 radical (unpaired) electrons. The zero-order valence-electron chi connectivity index (χ0n) is 15.4. The van der Waals surface area contributed by atoms with Crippen molar-refractivity contribution in [3.63, 3.8) is 0 Å². The molecule has 26 heavy (non-hydrogen) atoms. The van der Waals surface area contributed by atoms with Crippen molar-refractivity contribution in [3.05, 3.63) is 53.6 Å². The molecule has 1 atom stereocenters. The van der Waals surface area contributed by atoms with Gasteiger partial charge in [0.2, 0.25) is 12.3 Å². The van der Waals surface area contributed by atoms with Gasteiger partial charge in [0.25, 0.3) is 0 Å². The fraction of sp³-hybridized carbons (Fsp3) is 0.333. The molecule has 0 aliphatic carbocycles. The number of carbonyl (C=O) groups is 2. The van der Waals surface area contributed by atoms with Gasteiger partial charge in [-0.25, -0.2) is 0 Å². The van der Waals surface area contributed by atoms with Crippen LogP contribution in [-0.4, -0.2) is 32.0 Å². The van der Waals surface area contributed by atoms with Crippen molar-refractivity contribution in [2.45, 2.75) is 20.8 Å². The van der Waals surface area contributed by atoms with Crippen LogP contribution in [0.1, 0.15) is 18.1 Å². The van der Waals surface area contributed by atoms with E-state index in [9.17, 15) is 9.59 Å². The lowest BCUT2D eigenvalue weighted by Gasteiger charge is -2.25. The van der Waals surface area contributed by atoms with Gasteiger partial charge in [-0.15, -0.1) is 0 Å². The van der Waals surface area contributed by atoms with E-state index in [1.54, 1.807) is 9.80 Å². The van der Waals surface area contributed by atoms with Crippen molar-refractivity contribution in [1.82, 2.24) is 0 Å². The maximum atomic E-state index is 12.9. The molecule has 3 rings (SSSR count). The molecule has 1 aliphatic rings. The third-order valence-corrected chi connectivity index (χ3v) is 4.74. The number of nitrogens with zero attached hydrogens (tertiary/aromatic N) is 2. The first kappa shape index (κ1) is 18.0. The first-order chi connectivity index (χ1) is 12.5. The number of rotatable bonds is 5. The summed E-state index contributed by atoms with van der Waals surface area (Å²) in [6, 6.07) is 13.5. The first-order valence-electron chi connectivity index (χ1n) is 8.84. The fourth-order valence-electron chi connectivity index (χ4n) is 3.39. The lowest BCUT2D eigenvalue weighted by atomic mass is 10.1. The van der Waals surface area contributed by atoms with Crippen LogP contribution in [0.2, 0.25) is 0 Å². The Bertz CT molecular complexity index is 798. The largest absolute Gasteiger partial charge is 0.491 e. The Balaban J connectivity index is 1.83. The molecule has 1 heterocycles. The van der Waals surface area contributed by atoms with E-state index in [0.717, 1.165) is 34.7 Å². The molecule has 0 bridgehead atoms. The quantitative estimate of drug-likeness (QED) is 0.776. The van der Waals surface area contributed by atoms with Crippen LogP contribution in [0.25, 0.3) is 0 Å². The van der Waals surface area contributed by atoms with Crippen LogP contribution in [0.4, 0.5) is 11.4 Å². The molecule has 1 unspecified atom stereocenters. The van der Waals surface area contributed by atoms with Gasteiger partial charge in [0.05, 0.1) is 23.8 Å². The van der Waals surface area contributed by atoms with Crippen LogP contribution in [0.15, 0.2) is 42.5 Å². The Hall–Kier alpha value is -2.82. The summed E-state index contributed by atoms with van der Waals surface area (Å²) in [5, 5.41) is 0. The summed E-state index contributed by atoms with van der Waals surface area (Å²) in [6.45, 7) is 7.08. The van der Waals surface area contributed by atoms with E-state index in [2.05, 4.69) is 0 Å². The van der Waals surface area contributed by atoms with Gasteiger partial charge in [0.15, 0.2) is 0 Å². The highest BCUT2D eigenvalue weighted by atomic mass is 16.5. The highest BCUT2D eigenvalue weighted by Gasteiger charge is 2.30. The second-order valence-corrected chi connectivity index (χ2v) is 6.71. The maximum absolute atomic E-state index is 12.9. The smallest absolute Gasteiger partial charge is 0.231 e. The third kappa shape index (κ3) is 3.43. The standard InChI is InChI=1S/C21H24N2O3/c1-15-7-6-8-16(2)20(15)26-12-11-23-19-10-5-4-9-18(19)22(14-24)13-17(3)21(23)25/h4-10,14,17H,11-13H2,1-3H3. The first-order valence-corrected chi connectivity index (χ1v) is 8.84. The van der Waals surface area contributed by atoms with E-state index in [-0.39, 0.29) is 11.8 Å². The summed E-state index contributed by atoms with van der Waals surface area (Å²) >= 11 is 0. The lowest BCUT2D eigenvalue weighted by Crippen LogP contribution is -2.38. The van der Waals surface area contributed by atoms with Crippen LogP contribution in [0.5, 0.6) is 5.75 Å². The molecule has 5 nitrogen and oxygen atoms in total. The number of benzene rings is 2. The molecule has 0 saturated heterocycles. The van der Waals surface area contributed by atoms with Gasteiger partial charge in [-0.05, 0) is 37.1 Å². The zero-order valence-corrected chi connectivity index (χ0v) is 15.4. The molecule has 1 aliphatic heterocycles. The van der Waals surface area contributed by atoms with Crippen LogP contribution in [-0.2, 0) is 9.59 Å². The fourth-order valence-corrected chi connectivity index (χ4v) is 3.39. The molecule has 0 saturated carbocycles. The van der Waals surface area contributed by atoms with Crippen LogP contribution < -0.4 is 14.5 Å². The van der Waals surface area contributed by atoms with Crippen molar-refractivity contribution >= 4 is 23.7 Å². The number of hydrogen-bond donors (Lipinski definition) is 0. The van der Waals surface area contributed by atoms with Crippen molar-refractivity contribution < 1.29 is 14.3 Å². The topological polar surface area (TPSA) is 49.9 Å². The van der Waals surface area contributed by atoms with E-state index < -0.39 is 0 Å². The van der Waals surface area contributed by atoms with Gasteiger partial charge in [-0.1, -0.05) is 37.3 Å². The minimum absolute atomic E-state index is 0.00639. The third-order valence-electron chi connectivity index (χ3n) is 4.74. The Labute approximate surface area is 154 Å². The number of anilines is 2. The van der Waals surface area contributed by atoms with E-state index in [0.29, 0.717) is 19.7 Å². The molecule has 2 amide bonds. The number of ether oxygens (including phenoxy) is 1. The Morgan fingerprint density at radius 3 is 2.38 bits per heavy atom. The summed E-state index contributed by atoms with van der Waals surface area (Å²) in [5.74, 6) is 0.602. The SMILES string of the molecule is Cc1cccc(C)c1OCCN1C(=O)C(C)CN(C=O)c2ccccc21. The molecular formula is C21H24N2O3. The normalized spacial score (nSPS) is 16.9. The zero-order chi connectivity index (χ0) is 18.7. The summed E-state index contributed by atoms with van der Waals surface area (Å²) in [5.41, 5.74) is 3.66. The number of para-hydroxylation sites is 3. The molecule has 5 heteroatoms. The molecule has 0 aromatic heterocycles. The summed E-state index contributed by atoms with van der Waals surface area (Å²) in [4.78, 5) is 27.7. The van der Waals surface area contributed by atoms with E-state index in [1.807, 2.05) is 63.2 Å². The number of hydrogen-bond acceptors (Lipinski definition) is 3. The van der Waals surface area contributed by atoms with Gasteiger partial charge < -0.3 is 14.5 Å². The Morgan fingerprint density at radius 2 is 1.73 bits per heavy atom. The minimum Gasteiger partial charge on any atom is -0.491 e. The van der Waals surface area contributed by atoms with Gasteiger partial charge >= 0.3 is 0 Å². The maximum Gasteiger partial charge on any atom is 0.231 e. The molecule has 136 valence electrons. The highest BCUT2D eigenvalue weighted by molar-refractivity contribution is 6.02. The number of carbonyl (C=O) groups excluding carboxylic acids is 2. The van der Waals surface area contributed by atoms with Gasteiger partial charge in [0.1, 0.15) is 12.4 Å². The van der Waals surface area contributed by atoms with Crippen LogP contribution in [0.3, 0.4) is 0 Å². The van der Waals surface area contributed by atoms with Crippen molar-refractivity contribution in [2.24, 2.45) is 5.92 Å². The van der Waals surface area contributed by atoms with Gasteiger partial charge in [0, 0.05) is 6.54 Å². The summed E-state index contributed by atoms with van der Waals surface area (Å²) < 4.78 is 5.99. The van der Waals surface area contributed by atoms with Crippen LogP contribution >= 0.6 is 0 Å². The monoisotopic (exact) mass is 352 g/mol. The van der Waals surface area contributed by atoms with E-state index in [1.165, 1.54) is 0 Å². The number of aryl methyl sites for hydroxylation is 2. The van der Waals surface area contributed by atoms with Crippen molar-refractivity contribution in [2.75, 3.05) is 29.5 Å². The minimum atomic E-state index is -0.271. The predicted octanol–water partition coefficient (Wildman–Crippen LogP) is 3.33. The second-order valence-electron chi connectivity index (χ2n) is 6.71. The van der Waals surface area contributed by atoms with Crippen molar-refractivity contribution in [1.29, 1.82) is 0 Å². The number of fused-ring (bicyclic) bond motifs is 1. The second kappa shape index (κ2) is 7.60. The lowest BCUT2D eigenvalue weighted by molar-refractivity contribution is -0.121. The molecule has 0 N–H and O–H groups in total. The average molecular weight is 352 g/mol. The highest BCUT2D eigenvalue weighted by Crippen LogP contribution is 2.33. The molecule has 0 fully saturated rings. The Morgan fingerprint density at radius 1 is 1.08 bits per heavy atom. The van der Waals surface area contributed by atoms with Crippen molar-refractivity contribution in [3.8, 4) is 5.75 Å². The van der Waals surface area contributed by atoms with E-state index in [4.69, 9.17) is 4.74 Å². The molecular weight excluding hydrogens is 328 g/mol. The van der Waals surface area contributed by atoms with E-state index >= 15 is 0 Å². The van der Waals surface area contributed by atoms with Gasteiger partial charge in [-0.2, -0.15) is 0 Å². The molecule has 2 aromatic rings. The van der Waals surface area contributed by atoms with Crippen LogP contribution in [0, 0.1) is 19.8 Å². The summed E-state index contributed by atoms with van der Waals surface area (Å²) in [7, 11) is 0.